The number of nitrogens with zero attached hydrogens (tertiary/aromatic N) is 8. The van der Waals surface area contributed by atoms with Crippen LogP contribution >= 0.6 is 11.8 Å². The van der Waals surface area contributed by atoms with Crippen molar-refractivity contribution in [3.05, 3.63) is 60.4 Å². The Bertz CT molecular complexity index is 1800. The molecular weight excluding hydrogens is 689 g/mol. The smallest absolute Gasteiger partial charge is 0.303 e. The Morgan fingerprint density at radius 3 is 2.34 bits per heavy atom. The molecule has 16 nitrogen and oxygen atoms in total. The lowest BCUT2D eigenvalue weighted by Crippen LogP contribution is -2.58. The lowest BCUT2D eigenvalue weighted by atomic mass is 9.96. The number of carbonyl (C=O) groups excluding carboxylic acids is 2. The molecule has 0 unspecified atom stereocenters. The number of methoxy groups -OCH3 is 1. The fourth-order valence-corrected chi connectivity index (χ4v) is 7.23. The summed E-state index contributed by atoms with van der Waals surface area (Å²) in [5, 5.41) is 27.4. The fourth-order valence-electron chi connectivity index (χ4n) is 5.73. The van der Waals surface area contributed by atoms with Crippen molar-refractivity contribution in [2.75, 3.05) is 26.9 Å². The Labute approximate surface area is 286 Å². The number of aromatic nitrogens is 8. The van der Waals surface area contributed by atoms with Gasteiger partial charge in [0.25, 0.3) is 0 Å². The van der Waals surface area contributed by atoms with Crippen LogP contribution in [-0.2, 0) is 33.3 Å². The monoisotopic (exact) mass is 720 g/mol. The third kappa shape index (κ3) is 7.48. The number of ether oxygens (including phenoxy) is 5. The Kier molecular flexibility index (Phi) is 10.7. The van der Waals surface area contributed by atoms with Gasteiger partial charge in [0, 0.05) is 38.9 Å². The predicted molar refractivity (Wildman–Crippen MR) is 164 cm³/mol. The summed E-state index contributed by atoms with van der Waals surface area (Å²) in [4.78, 5) is 32.5. The molecule has 4 aromatic rings. The molecule has 0 bridgehead atoms. The first-order valence-corrected chi connectivity index (χ1v) is 16.1. The largest absolute Gasteiger partial charge is 0.463 e. The molecule has 2 aliphatic rings. The highest BCUT2D eigenvalue weighted by atomic mass is 32.2. The van der Waals surface area contributed by atoms with Gasteiger partial charge >= 0.3 is 11.9 Å². The van der Waals surface area contributed by atoms with E-state index < -0.39 is 76.6 Å². The molecule has 6 rings (SSSR count). The van der Waals surface area contributed by atoms with Gasteiger partial charge < -0.3 is 28.8 Å². The van der Waals surface area contributed by atoms with Crippen LogP contribution in [0.3, 0.4) is 0 Å². The maximum absolute atomic E-state index is 14.1. The second-order valence-electron chi connectivity index (χ2n) is 11.4. The first kappa shape index (κ1) is 35.3. The number of rotatable bonds is 10. The number of esters is 2. The lowest BCUT2D eigenvalue weighted by molar-refractivity contribution is -0.208. The van der Waals surface area contributed by atoms with Crippen molar-refractivity contribution >= 4 is 23.7 Å². The van der Waals surface area contributed by atoms with Gasteiger partial charge in [-0.15, -0.1) is 22.0 Å². The maximum atomic E-state index is 14.1. The summed E-state index contributed by atoms with van der Waals surface area (Å²) in [5.74, 6) is -5.46. The van der Waals surface area contributed by atoms with Gasteiger partial charge in [0.2, 0.25) is 0 Å². The summed E-state index contributed by atoms with van der Waals surface area (Å²) >= 11 is 1.16. The molecule has 1 aromatic carbocycles. The molecular formula is C30H31F3N8O8S. The normalized spacial score (nSPS) is 26.8. The summed E-state index contributed by atoms with van der Waals surface area (Å²) in [6.07, 6.45) is 1.78. The highest BCUT2D eigenvalue weighted by Gasteiger charge is 2.52. The van der Waals surface area contributed by atoms with Crippen LogP contribution in [0.1, 0.15) is 25.9 Å². The van der Waals surface area contributed by atoms with Crippen molar-refractivity contribution in [1.82, 2.24) is 40.0 Å². The van der Waals surface area contributed by atoms with Gasteiger partial charge in [0.1, 0.15) is 47.7 Å². The van der Waals surface area contributed by atoms with E-state index in [9.17, 15) is 27.9 Å². The van der Waals surface area contributed by atoms with E-state index in [0.29, 0.717) is 11.5 Å². The zero-order valence-electron chi connectivity index (χ0n) is 26.7. The number of halogens is 3. The van der Waals surface area contributed by atoms with Crippen LogP contribution in [0.25, 0.3) is 22.8 Å². The zero-order valence-corrected chi connectivity index (χ0v) is 27.5. The van der Waals surface area contributed by atoms with Crippen molar-refractivity contribution in [2.24, 2.45) is 0 Å². The molecule has 0 spiro atoms. The molecule has 2 fully saturated rings. The molecule has 1 N–H and O–H groups in total. The first-order valence-electron chi connectivity index (χ1n) is 15.2. The van der Waals surface area contributed by atoms with Crippen LogP contribution in [-0.4, -0.2) is 119 Å². The molecule has 2 aliphatic heterocycles. The molecule has 0 saturated carbocycles. The highest BCUT2D eigenvalue weighted by molar-refractivity contribution is 8.00. The van der Waals surface area contributed by atoms with Crippen LogP contribution in [0.5, 0.6) is 0 Å². The Morgan fingerprint density at radius 2 is 1.66 bits per heavy atom. The van der Waals surface area contributed by atoms with E-state index in [-0.39, 0.29) is 31.1 Å². The molecule has 50 heavy (non-hydrogen) atoms. The number of thioether (sulfide) groups is 1. The predicted octanol–water partition coefficient (Wildman–Crippen LogP) is 1.92. The van der Waals surface area contributed by atoms with Crippen LogP contribution in [0.4, 0.5) is 13.2 Å². The van der Waals surface area contributed by atoms with Crippen molar-refractivity contribution in [3.8, 4) is 22.8 Å². The number of benzene rings is 1. The standard InChI is InChI=1S/C30H31F3N8O8S/c1-14(42)47-12-22-27(48-15(2)43)25(41-9-19(36-39-41)16-7-17(31)24(33)18(32)8-16)28(45-3)30(49-22)50-23-13-46-11-21(26(23)44)40-10-20(37-38-40)29-34-5-4-6-35-29/h4-10,21-23,25-28,30,44H,11-13H2,1-3H3/t21-,22+,23+,25-,26+,27-,28+,30-/m0/s1. The summed E-state index contributed by atoms with van der Waals surface area (Å²) in [5.41, 5.74) is -0.674. The quantitative estimate of drug-likeness (QED) is 0.185. The van der Waals surface area contributed by atoms with E-state index >= 15 is 0 Å². The Hall–Kier alpha value is -4.50. The molecule has 5 heterocycles. The highest BCUT2D eigenvalue weighted by Crippen LogP contribution is 2.42. The summed E-state index contributed by atoms with van der Waals surface area (Å²) < 4.78 is 73.6. The van der Waals surface area contributed by atoms with Crippen LogP contribution < -0.4 is 0 Å². The second kappa shape index (κ2) is 15.2. The van der Waals surface area contributed by atoms with E-state index in [1.807, 2.05) is 0 Å². The van der Waals surface area contributed by atoms with E-state index in [1.54, 1.807) is 24.7 Å². The fraction of sp³-hybridized carbons (Fsp3) is 0.467. The minimum absolute atomic E-state index is 0.0292. The number of hydrogen-bond donors (Lipinski definition) is 1. The van der Waals surface area contributed by atoms with Crippen molar-refractivity contribution in [1.29, 1.82) is 0 Å². The average Bonchev–Trinajstić information content (AvgIpc) is 3.79. The number of aliphatic hydroxyl groups is 1. The second-order valence-corrected chi connectivity index (χ2v) is 12.7. The van der Waals surface area contributed by atoms with Gasteiger partial charge in [0.05, 0.1) is 37.0 Å². The molecule has 8 atom stereocenters. The average molecular weight is 721 g/mol. The minimum atomic E-state index is -1.64. The molecule has 0 radical (unpaired) electrons. The zero-order chi connectivity index (χ0) is 35.5. The Balaban J connectivity index is 1.30. The minimum Gasteiger partial charge on any atom is -0.463 e. The maximum Gasteiger partial charge on any atom is 0.303 e. The third-order valence-corrected chi connectivity index (χ3v) is 9.45. The van der Waals surface area contributed by atoms with E-state index in [2.05, 4.69) is 30.6 Å². The molecule has 0 aliphatic carbocycles. The van der Waals surface area contributed by atoms with E-state index in [0.717, 1.165) is 23.9 Å². The lowest BCUT2D eigenvalue weighted by Gasteiger charge is -2.46. The van der Waals surface area contributed by atoms with Crippen molar-refractivity contribution in [2.45, 2.75) is 61.0 Å². The summed E-state index contributed by atoms with van der Waals surface area (Å²) in [7, 11) is 1.38. The Morgan fingerprint density at radius 1 is 0.980 bits per heavy atom. The van der Waals surface area contributed by atoms with Crippen LogP contribution in [0, 0.1) is 17.5 Å². The molecule has 20 heteroatoms. The molecule has 0 amide bonds. The summed E-state index contributed by atoms with van der Waals surface area (Å²) in [6.45, 7) is 2.25. The van der Waals surface area contributed by atoms with E-state index in [1.165, 1.54) is 36.5 Å². The molecule has 266 valence electrons. The third-order valence-electron chi connectivity index (χ3n) is 8.04. The van der Waals surface area contributed by atoms with Crippen molar-refractivity contribution in [3.63, 3.8) is 0 Å². The number of hydrogen-bond acceptors (Lipinski definition) is 15. The molecule has 3 aromatic heterocycles. The SMILES string of the molecule is CO[C@@H]1[C@@H](n2cc(-c3cc(F)c(F)c(F)c3)nn2)[C@@H](OC(C)=O)[C@@H](COC(C)=O)O[C@H]1S[C@@H]1COC[C@H](n2cc(-c3ncccn3)nn2)[C@H]1O. The topological polar surface area (TPSA) is 188 Å². The summed E-state index contributed by atoms with van der Waals surface area (Å²) in [6, 6.07) is 1.52. The first-order chi connectivity index (χ1) is 24.0. The van der Waals surface area contributed by atoms with Crippen molar-refractivity contribution < 1.29 is 51.6 Å². The van der Waals surface area contributed by atoms with Gasteiger partial charge in [-0.3, -0.25) is 9.59 Å². The van der Waals surface area contributed by atoms with Gasteiger partial charge in [0.15, 0.2) is 29.4 Å². The number of carbonyl (C=O) groups is 2. The number of aliphatic hydroxyl groups excluding tert-OH is 1. The van der Waals surface area contributed by atoms with Gasteiger partial charge in [-0.05, 0) is 18.2 Å². The van der Waals surface area contributed by atoms with Crippen LogP contribution in [0.2, 0.25) is 0 Å². The van der Waals surface area contributed by atoms with Crippen LogP contribution in [0.15, 0.2) is 43.0 Å². The van der Waals surface area contributed by atoms with E-state index in [4.69, 9.17) is 23.7 Å². The van der Waals surface area contributed by atoms with Gasteiger partial charge in [-0.1, -0.05) is 10.4 Å². The molecule has 2 saturated heterocycles. The van der Waals surface area contributed by atoms with Gasteiger partial charge in [-0.25, -0.2) is 32.5 Å². The van der Waals surface area contributed by atoms with Gasteiger partial charge in [-0.2, -0.15) is 0 Å².